The fourth-order valence-corrected chi connectivity index (χ4v) is 4.76. The normalized spacial score (nSPS) is 18.2. The van der Waals surface area contributed by atoms with Gasteiger partial charge >= 0.3 is 6.09 Å². The molecule has 2 aliphatic heterocycles. The first kappa shape index (κ1) is 24.7. The maximum atomic E-state index is 15.1. The first-order chi connectivity index (χ1) is 17.9. The zero-order chi connectivity index (χ0) is 25.9. The minimum Gasteiger partial charge on any atom is -0.442 e. The zero-order valence-electron chi connectivity index (χ0n) is 20.3. The fraction of sp³-hybridized carbons (Fsp3) is 0.385. The lowest BCUT2D eigenvalue weighted by Crippen LogP contribution is -2.36. The Balaban J connectivity index is 1.19. The number of ether oxygens (including phenoxy) is 1. The van der Waals surface area contributed by atoms with E-state index in [1.165, 1.54) is 11.8 Å². The molecule has 2 saturated heterocycles. The Morgan fingerprint density at radius 3 is 2.51 bits per heavy atom. The molecule has 2 aromatic carbocycles. The van der Waals surface area contributed by atoms with Crippen LogP contribution in [0, 0.1) is 17.6 Å². The highest BCUT2D eigenvalue weighted by molar-refractivity contribution is 5.90. The van der Waals surface area contributed by atoms with Crippen LogP contribution in [-0.2, 0) is 16.0 Å². The second kappa shape index (κ2) is 10.5. The first-order valence-corrected chi connectivity index (χ1v) is 12.2. The van der Waals surface area contributed by atoms with Crippen molar-refractivity contribution in [2.24, 2.45) is 5.92 Å². The van der Waals surface area contributed by atoms with Crippen LogP contribution in [0.3, 0.4) is 0 Å². The van der Waals surface area contributed by atoms with E-state index in [-0.39, 0.29) is 36.3 Å². The lowest BCUT2D eigenvalue weighted by Gasteiger charge is -2.33. The summed E-state index contributed by atoms with van der Waals surface area (Å²) < 4.78 is 40.7. The fourth-order valence-electron chi connectivity index (χ4n) is 4.76. The summed E-state index contributed by atoms with van der Waals surface area (Å²) in [6.45, 7) is 2.53. The molecule has 0 spiro atoms. The summed E-state index contributed by atoms with van der Waals surface area (Å²) >= 11 is 0. The smallest absolute Gasteiger partial charge is 0.414 e. The Bertz CT molecular complexity index is 1250. The molecule has 2 amide bonds. The Hall–Kier alpha value is -4.02. The summed E-state index contributed by atoms with van der Waals surface area (Å²) in [6.07, 6.45) is 0.770. The third-order valence-electron chi connectivity index (χ3n) is 6.66. The number of halogens is 2. The van der Waals surface area contributed by atoms with Crippen LogP contribution in [0.25, 0.3) is 11.5 Å². The van der Waals surface area contributed by atoms with Crippen LogP contribution < -0.4 is 15.1 Å². The highest BCUT2D eigenvalue weighted by atomic mass is 19.1. The van der Waals surface area contributed by atoms with Gasteiger partial charge in [-0.25, -0.2) is 13.6 Å². The second-order valence-electron chi connectivity index (χ2n) is 9.33. The van der Waals surface area contributed by atoms with Gasteiger partial charge in [-0.1, -0.05) is 23.4 Å². The number of hydrogen-bond acceptors (Lipinski definition) is 7. The topological polar surface area (TPSA) is 101 Å². The van der Waals surface area contributed by atoms with E-state index in [1.807, 2.05) is 30.3 Å². The molecule has 1 aromatic heterocycles. The van der Waals surface area contributed by atoms with Gasteiger partial charge in [-0.2, -0.15) is 4.98 Å². The molecule has 1 N–H and O–H groups in total. The molecular weight excluding hydrogens is 484 g/mol. The van der Waals surface area contributed by atoms with Crippen LogP contribution in [0.2, 0.25) is 0 Å². The van der Waals surface area contributed by atoms with Crippen molar-refractivity contribution in [3.8, 4) is 11.5 Å². The first-order valence-electron chi connectivity index (χ1n) is 12.2. The van der Waals surface area contributed by atoms with Crippen molar-refractivity contribution >= 4 is 23.4 Å². The molecule has 194 valence electrons. The van der Waals surface area contributed by atoms with E-state index in [4.69, 9.17) is 9.26 Å². The predicted molar refractivity (Wildman–Crippen MR) is 131 cm³/mol. The average molecular weight is 512 g/mol. The van der Waals surface area contributed by atoms with E-state index in [0.717, 1.165) is 30.5 Å². The quantitative estimate of drug-likeness (QED) is 0.513. The molecule has 0 unspecified atom stereocenters. The van der Waals surface area contributed by atoms with Gasteiger partial charge in [-0.05, 0) is 30.9 Å². The van der Waals surface area contributed by atoms with Crippen LogP contribution in [0.5, 0.6) is 0 Å². The molecule has 3 aromatic rings. The number of anilines is 2. The molecule has 11 heteroatoms. The zero-order valence-corrected chi connectivity index (χ0v) is 20.3. The van der Waals surface area contributed by atoms with E-state index in [2.05, 4.69) is 15.5 Å². The average Bonchev–Trinajstić information content (AvgIpc) is 3.50. The molecule has 0 radical (unpaired) electrons. The van der Waals surface area contributed by atoms with Crippen LogP contribution in [0.4, 0.5) is 25.0 Å². The van der Waals surface area contributed by atoms with Gasteiger partial charge in [-0.15, -0.1) is 0 Å². The summed E-state index contributed by atoms with van der Waals surface area (Å²) in [4.78, 5) is 30.7. The molecule has 1 atom stereocenters. The number of aromatic nitrogens is 2. The standard InChI is InChI=1S/C26H27F2N5O4/c1-16(34)29-14-20-15-33(26(35)36-20)19-12-21(27)24(22(28)13-19)32-9-7-17(8-10-32)11-23-30-25(37-31-23)18-5-3-2-4-6-18/h2-6,12-13,17,20H,7-11,14-15H2,1H3,(H,29,34)/t20-/m0/s1. The Morgan fingerprint density at radius 2 is 1.84 bits per heavy atom. The summed E-state index contributed by atoms with van der Waals surface area (Å²) in [7, 11) is 0. The van der Waals surface area contributed by atoms with Crippen molar-refractivity contribution in [3.63, 3.8) is 0 Å². The van der Waals surface area contributed by atoms with Crippen molar-refractivity contribution in [1.29, 1.82) is 0 Å². The molecule has 0 saturated carbocycles. The van der Waals surface area contributed by atoms with Crippen molar-refractivity contribution in [2.45, 2.75) is 32.3 Å². The largest absolute Gasteiger partial charge is 0.442 e. The molecule has 3 heterocycles. The highest BCUT2D eigenvalue weighted by Gasteiger charge is 2.34. The van der Waals surface area contributed by atoms with Crippen molar-refractivity contribution < 1.29 is 27.6 Å². The second-order valence-corrected chi connectivity index (χ2v) is 9.33. The number of amides is 2. The molecule has 5 rings (SSSR count). The minimum atomic E-state index is -0.739. The van der Waals surface area contributed by atoms with Crippen molar-refractivity contribution in [1.82, 2.24) is 15.5 Å². The van der Waals surface area contributed by atoms with Crippen LogP contribution in [0.1, 0.15) is 25.6 Å². The number of nitrogens with zero attached hydrogens (tertiary/aromatic N) is 4. The summed E-state index contributed by atoms with van der Waals surface area (Å²) in [6, 6.07) is 11.8. The van der Waals surface area contributed by atoms with Crippen LogP contribution >= 0.6 is 0 Å². The Kier molecular flexibility index (Phi) is 7.02. The molecule has 9 nitrogen and oxygen atoms in total. The van der Waals surface area contributed by atoms with Gasteiger partial charge in [0.15, 0.2) is 17.5 Å². The molecule has 2 fully saturated rings. The third kappa shape index (κ3) is 5.55. The number of hydrogen-bond donors (Lipinski definition) is 1. The number of carbonyl (C=O) groups excluding carboxylic acids is 2. The number of carbonyl (C=O) groups is 2. The van der Waals surface area contributed by atoms with Crippen molar-refractivity contribution in [2.75, 3.05) is 36.0 Å². The van der Waals surface area contributed by atoms with Gasteiger partial charge < -0.3 is 19.5 Å². The lowest BCUT2D eigenvalue weighted by molar-refractivity contribution is -0.119. The third-order valence-corrected chi connectivity index (χ3v) is 6.66. The predicted octanol–water partition coefficient (Wildman–Crippen LogP) is 3.94. The van der Waals surface area contributed by atoms with Crippen LogP contribution in [0.15, 0.2) is 47.0 Å². The SMILES string of the molecule is CC(=O)NC[C@H]1CN(c2cc(F)c(N3CCC(Cc4noc(-c5ccccc5)n4)CC3)c(F)c2)C(=O)O1. The van der Waals surface area contributed by atoms with Gasteiger partial charge in [0.25, 0.3) is 5.89 Å². The van der Waals surface area contributed by atoms with E-state index in [1.54, 1.807) is 4.90 Å². The van der Waals surface area contributed by atoms with E-state index < -0.39 is 23.8 Å². The minimum absolute atomic E-state index is 0.0790. The number of benzene rings is 2. The lowest BCUT2D eigenvalue weighted by atomic mass is 9.93. The van der Waals surface area contributed by atoms with Crippen LogP contribution in [-0.4, -0.2) is 54.4 Å². The summed E-state index contributed by atoms with van der Waals surface area (Å²) in [5, 5.41) is 6.66. The van der Waals surface area contributed by atoms with E-state index in [9.17, 15) is 9.59 Å². The molecule has 0 aliphatic carbocycles. The molecule has 37 heavy (non-hydrogen) atoms. The van der Waals surface area contributed by atoms with Crippen molar-refractivity contribution in [3.05, 3.63) is 59.9 Å². The van der Waals surface area contributed by atoms with E-state index >= 15 is 8.78 Å². The van der Waals surface area contributed by atoms with Gasteiger partial charge in [0.1, 0.15) is 11.8 Å². The monoisotopic (exact) mass is 511 g/mol. The van der Waals surface area contributed by atoms with E-state index in [0.29, 0.717) is 31.2 Å². The summed E-state index contributed by atoms with van der Waals surface area (Å²) in [5.41, 5.74) is 0.835. The molecule has 2 aliphatic rings. The highest BCUT2D eigenvalue weighted by Crippen LogP contribution is 2.33. The van der Waals surface area contributed by atoms with Gasteiger partial charge in [0.05, 0.1) is 18.8 Å². The molecular formula is C26H27F2N5O4. The van der Waals surface area contributed by atoms with Gasteiger partial charge in [0.2, 0.25) is 5.91 Å². The summed E-state index contributed by atoms with van der Waals surface area (Å²) in [5.74, 6) is -0.375. The number of nitrogens with one attached hydrogen (secondary N) is 1. The van der Waals surface area contributed by atoms with Gasteiger partial charge in [0, 0.05) is 44.1 Å². The maximum Gasteiger partial charge on any atom is 0.414 e. The number of cyclic esters (lactones) is 1. The number of rotatable bonds is 7. The number of piperidine rings is 1. The molecule has 0 bridgehead atoms. The Morgan fingerprint density at radius 1 is 1.14 bits per heavy atom. The maximum absolute atomic E-state index is 15.1. The Labute approximate surface area is 212 Å². The van der Waals surface area contributed by atoms with Gasteiger partial charge in [-0.3, -0.25) is 9.69 Å².